The largest absolute Gasteiger partial charge is 0.352 e. The molecule has 0 spiro atoms. The Hall–Kier alpha value is -0.436. The molecule has 11 heavy (non-hydrogen) atoms. The van der Waals surface area contributed by atoms with Crippen molar-refractivity contribution in [1.82, 2.24) is 9.97 Å². The standard InChI is InChI=1S/C6H4N3O.Y/c1-5-2-3-7-6(9-5)8-4-10;/h2H,1H3;/q-1;. The van der Waals surface area contributed by atoms with Crippen LogP contribution in [0.25, 0.3) is 0 Å². The Morgan fingerprint density at radius 3 is 3.00 bits per heavy atom. The third kappa shape index (κ3) is 3.47. The minimum atomic E-state index is 0. The number of aliphatic imine (C=N–C) groups is 1. The SMILES string of the molecule is Cc1c[c-]nc(N=C=O)n1.[Y]. The third-order valence-corrected chi connectivity index (χ3v) is 0.860. The minimum absolute atomic E-state index is 0. The van der Waals surface area contributed by atoms with E-state index >= 15 is 0 Å². The van der Waals surface area contributed by atoms with Crippen LogP contribution in [0.3, 0.4) is 0 Å². The zero-order valence-corrected chi connectivity index (χ0v) is 8.74. The van der Waals surface area contributed by atoms with E-state index in [-0.39, 0.29) is 38.7 Å². The van der Waals surface area contributed by atoms with Crippen LogP contribution in [0.15, 0.2) is 11.1 Å². The summed E-state index contributed by atoms with van der Waals surface area (Å²) in [6.07, 6.45) is 3.87. The maximum Gasteiger partial charge on any atom is 0.230 e. The molecule has 0 N–H and O–H groups in total. The zero-order chi connectivity index (χ0) is 7.40. The average molecular weight is 223 g/mol. The Bertz CT molecular complexity index is 283. The van der Waals surface area contributed by atoms with Gasteiger partial charge in [-0.2, -0.15) is 4.99 Å². The van der Waals surface area contributed by atoms with Gasteiger partial charge in [0, 0.05) is 32.7 Å². The van der Waals surface area contributed by atoms with Gasteiger partial charge in [0.25, 0.3) is 0 Å². The predicted octanol–water partition coefficient (Wildman–Crippen LogP) is 0.550. The van der Waals surface area contributed by atoms with E-state index in [1.165, 1.54) is 6.08 Å². The van der Waals surface area contributed by atoms with Crippen molar-refractivity contribution in [2.45, 2.75) is 6.92 Å². The first kappa shape index (κ1) is 10.6. The molecule has 53 valence electrons. The van der Waals surface area contributed by atoms with Crippen molar-refractivity contribution < 1.29 is 37.5 Å². The van der Waals surface area contributed by atoms with E-state index in [1.54, 1.807) is 13.0 Å². The van der Waals surface area contributed by atoms with Gasteiger partial charge in [0.15, 0.2) is 0 Å². The second-order valence-corrected chi connectivity index (χ2v) is 1.64. The van der Waals surface area contributed by atoms with Crippen molar-refractivity contribution in [3.05, 3.63) is 18.0 Å². The summed E-state index contributed by atoms with van der Waals surface area (Å²) in [6.45, 7) is 1.77. The third-order valence-electron chi connectivity index (χ3n) is 0.860. The first-order valence-electron chi connectivity index (χ1n) is 2.62. The fraction of sp³-hybridized carbons (Fsp3) is 0.167. The molecule has 0 saturated heterocycles. The van der Waals surface area contributed by atoms with Crippen molar-refractivity contribution in [2.75, 3.05) is 0 Å². The van der Waals surface area contributed by atoms with Gasteiger partial charge < -0.3 is 9.97 Å². The summed E-state index contributed by atoms with van der Waals surface area (Å²) in [4.78, 5) is 20.3. The summed E-state index contributed by atoms with van der Waals surface area (Å²) in [6, 6.07) is 1.60. The van der Waals surface area contributed by atoms with Crippen LogP contribution in [0.2, 0.25) is 0 Å². The number of aromatic nitrogens is 2. The molecular formula is C6H4N3OY-. The molecule has 4 nitrogen and oxygen atoms in total. The van der Waals surface area contributed by atoms with Crippen molar-refractivity contribution >= 4 is 12.0 Å². The van der Waals surface area contributed by atoms with Crippen molar-refractivity contribution in [2.24, 2.45) is 4.99 Å². The van der Waals surface area contributed by atoms with Gasteiger partial charge in [0.1, 0.15) is 5.95 Å². The second-order valence-electron chi connectivity index (χ2n) is 1.64. The molecule has 1 rings (SSSR count). The Balaban J connectivity index is 0.000001000. The Morgan fingerprint density at radius 1 is 1.73 bits per heavy atom. The number of isocyanates is 1. The van der Waals surface area contributed by atoms with Crippen molar-refractivity contribution in [1.29, 1.82) is 0 Å². The van der Waals surface area contributed by atoms with Gasteiger partial charge >= 0.3 is 0 Å². The number of rotatable bonds is 1. The molecule has 1 radical (unpaired) electrons. The first-order chi connectivity index (χ1) is 4.83. The van der Waals surface area contributed by atoms with Gasteiger partial charge in [-0.05, 0) is 0 Å². The number of carbonyl (C=O) groups excluding carboxylic acids is 1. The number of hydrogen-bond acceptors (Lipinski definition) is 4. The molecule has 0 atom stereocenters. The first-order valence-corrected chi connectivity index (χ1v) is 2.62. The van der Waals surface area contributed by atoms with E-state index in [9.17, 15) is 4.79 Å². The van der Waals surface area contributed by atoms with Crippen LogP contribution in [-0.4, -0.2) is 16.0 Å². The molecule has 1 aromatic heterocycles. The van der Waals surface area contributed by atoms with Crippen LogP contribution >= 0.6 is 0 Å². The van der Waals surface area contributed by atoms with Gasteiger partial charge in [0.2, 0.25) is 6.08 Å². The van der Waals surface area contributed by atoms with E-state index < -0.39 is 0 Å². The van der Waals surface area contributed by atoms with E-state index in [4.69, 9.17) is 0 Å². The number of hydrogen-bond donors (Lipinski definition) is 0. The van der Waals surface area contributed by atoms with Crippen LogP contribution in [0.4, 0.5) is 5.95 Å². The molecule has 0 saturated carbocycles. The number of nitrogens with zero attached hydrogens (tertiary/aromatic N) is 3. The van der Waals surface area contributed by atoms with Crippen molar-refractivity contribution in [3.63, 3.8) is 0 Å². The summed E-state index contributed by atoms with van der Waals surface area (Å²) in [7, 11) is 0. The van der Waals surface area contributed by atoms with Crippen LogP contribution in [0, 0.1) is 13.1 Å². The molecular weight excluding hydrogens is 219 g/mol. The molecule has 0 aliphatic rings. The number of aryl methyl sites for hydroxylation is 1. The van der Waals surface area contributed by atoms with Crippen LogP contribution in [0.5, 0.6) is 0 Å². The molecule has 0 bridgehead atoms. The maximum absolute atomic E-state index is 9.70. The van der Waals surface area contributed by atoms with Crippen LogP contribution < -0.4 is 0 Å². The summed E-state index contributed by atoms with van der Waals surface area (Å²) in [5, 5.41) is 0. The van der Waals surface area contributed by atoms with Gasteiger partial charge in [-0.3, -0.25) is 0 Å². The molecule has 0 unspecified atom stereocenters. The fourth-order valence-electron chi connectivity index (χ4n) is 0.489. The zero-order valence-electron chi connectivity index (χ0n) is 5.90. The molecule has 0 aromatic carbocycles. The second kappa shape index (κ2) is 5.25. The van der Waals surface area contributed by atoms with E-state index in [2.05, 4.69) is 21.2 Å². The molecule has 1 aromatic rings. The van der Waals surface area contributed by atoms with Gasteiger partial charge in [-0.1, -0.05) is 18.8 Å². The van der Waals surface area contributed by atoms with E-state index in [0.717, 1.165) is 5.69 Å². The molecule has 0 aliphatic heterocycles. The summed E-state index contributed by atoms with van der Waals surface area (Å²) >= 11 is 0. The smallest absolute Gasteiger partial charge is 0.230 e. The van der Waals surface area contributed by atoms with Crippen molar-refractivity contribution in [3.8, 4) is 0 Å². The minimum Gasteiger partial charge on any atom is -0.352 e. The van der Waals surface area contributed by atoms with Crippen LogP contribution in [-0.2, 0) is 37.5 Å². The molecule has 5 heteroatoms. The quantitative estimate of drug-likeness (QED) is 0.397. The monoisotopic (exact) mass is 223 g/mol. The van der Waals surface area contributed by atoms with Gasteiger partial charge in [-0.15, -0.1) is 6.07 Å². The Labute approximate surface area is 89.0 Å². The summed E-state index contributed by atoms with van der Waals surface area (Å²) in [5.74, 6) is 0.106. The van der Waals surface area contributed by atoms with Crippen LogP contribution in [0.1, 0.15) is 5.69 Å². The van der Waals surface area contributed by atoms with Gasteiger partial charge in [0.05, 0.1) is 0 Å². The Kier molecular flexibility index (Phi) is 5.04. The maximum atomic E-state index is 9.70. The normalized spacial score (nSPS) is 7.73. The molecule has 0 aliphatic carbocycles. The summed E-state index contributed by atoms with van der Waals surface area (Å²) < 4.78 is 0. The van der Waals surface area contributed by atoms with E-state index in [1.807, 2.05) is 0 Å². The summed E-state index contributed by atoms with van der Waals surface area (Å²) in [5.41, 5.74) is 0.726. The average Bonchev–Trinajstić information content (AvgIpc) is 1.88. The molecule has 1 heterocycles. The topological polar surface area (TPSA) is 55.2 Å². The molecule has 0 fully saturated rings. The van der Waals surface area contributed by atoms with Gasteiger partial charge in [-0.25, -0.2) is 4.79 Å². The van der Waals surface area contributed by atoms with E-state index in [0.29, 0.717) is 0 Å². The predicted molar refractivity (Wildman–Crippen MR) is 33.4 cm³/mol. The Morgan fingerprint density at radius 2 is 2.45 bits per heavy atom. The fourth-order valence-corrected chi connectivity index (χ4v) is 0.489. The molecule has 0 amide bonds.